The van der Waals surface area contributed by atoms with Gasteiger partial charge in [0, 0.05) is 26.1 Å². The van der Waals surface area contributed by atoms with Crippen molar-refractivity contribution in [3.05, 3.63) is 35.9 Å². The van der Waals surface area contributed by atoms with Gasteiger partial charge in [-0.15, -0.1) is 0 Å². The molecular weight excluding hydrogens is 378 g/mol. The molecule has 2 rings (SSSR count). The SMILES string of the molecule is CNC(=O)C(CC(C)C)NC(=O)C1CCN(S(=O)(=O)Cc2ccccc2)CC1. The molecule has 1 atom stereocenters. The predicted molar refractivity (Wildman–Crippen MR) is 109 cm³/mol. The van der Waals surface area contributed by atoms with Crippen LogP contribution in [0.2, 0.25) is 0 Å². The number of carbonyl (C=O) groups is 2. The van der Waals surface area contributed by atoms with Crippen LogP contribution in [0.1, 0.15) is 38.7 Å². The van der Waals surface area contributed by atoms with Crippen molar-refractivity contribution in [2.24, 2.45) is 11.8 Å². The Labute approximate surface area is 167 Å². The minimum absolute atomic E-state index is 0.0299. The van der Waals surface area contributed by atoms with Gasteiger partial charge in [0.15, 0.2) is 0 Å². The molecular formula is C20H31N3O4S. The van der Waals surface area contributed by atoms with E-state index in [0.717, 1.165) is 5.56 Å². The van der Waals surface area contributed by atoms with E-state index in [1.165, 1.54) is 4.31 Å². The first-order valence-electron chi connectivity index (χ1n) is 9.76. The van der Waals surface area contributed by atoms with Crippen LogP contribution < -0.4 is 10.6 Å². The van der Waals surface area contributed by atoms with Gasteiger partial charge in [-0.3, -0.25) is 9.59 Å². The van der Waals surface area contributed by atoms with Gasteiger partial charge in [-0.25, -0.2) is 12.7 Å². The fourth-order valence-electron chi connectivity index (χ4n) is 3.44. The van der Waals surface area contributed by atoms with Crippen molar-refractivity contribution in [2.45, 2.75) is 44.9 Å². The number of carbonyl (C=O) groups excluding carboxylic acids is 2. The summed E-state index contributed by atoms with van der Waals surface area (Å²) in [5, 5.41) is 5.43. The summed E-state index contributed by atoms with van der Waals surface area (Å²) in [4.78, 5) is 24.6. The van der Waals surface area contributed by atoms with E-state index in [4.69, 9.17) is 0 Å². The van der Waals surface area contributed by atoms with Crippen molar-refractivity contribution < 1.29 is 18.0 Å². The topological polar surface area (TPSA) is 95.6 Å². The van der Waals surface area contributed by atoms with Gasteiger partial charge in [0.05, 0.1) is 5.75 Å². The van der Waals surface area contributed by atoms with Crippen LogP contribution in [0.15, 0.2) is 30.3 Å². The summed E-state index contributed by atoms with van der Waals surface area (Å²) in [5.41, 5.74) is 0.754. The molecule has 1 aliphatic heterocycles. The molecule has 1 fully saturated rings. The molecule has 8 heteroatoms. The maximum Gasteiger partial charge on any atom is 0.242 e. The Morgan fingerprint density at radius 3 is 2.29 bits per heavy atom. The molecule has 0 saturated carbocycles. The summed E-state index contributed by atoms with van der Waals surface area (Å²) in [6.07, 6.45) is 1.49. The molecule has 1 aromatic carbocycles. The Kier molecular flexibility index (Phi) is 8.00. The summed E-state index contributed by atoms with van der Waals surface area (Å²) in [6.45, 7) is 4.64. The first-order valence-corrected chi connectivity index (χ1v) is 11.4. The first kappa shape index (κ1) is 22.4. The number of hydrogen-bond acceptors (Lipinski definition) is 4. The third-order valence-corrected chi connectivity index (χ3v) is 6.85. The molecule has 1 aromatic rings. The highest BCUT2D eigenvalue weighted by Crippen LogP contribution is 2.22. The summed E-state index contributed by atoms with van der Waals surface area (Å²) in [7, 11) is -1.85. The lowest BCUT2D eigenvalue weighted by Gasteiger charge is -2.31. The van der Waals surface area contributed by atoms with E-state index < -0.39 is 16.1 Å². The van der Waals surface area contributed by atoms with E-state index in [-0.39, 0.29) is 29.4 Å². The molecule has 0 bridgehead atoms. The molecule has 7 nitrogen and oxygen atoms in total. The van der Waals surface area contributed by atoms with Crippen LogP contribution in [0.25, 0.3) is 0 Å². The molecule has 0 radical (unpaired) electrons. The van der Waals surface area contributed by atoms with Crippen LogP contribution in [0.5, 0.6) is 0 Å². The zero-order chi connectivity index (χ0) is 20.7. The number of likely N-dealkylation sites (N-methyl/N-ethyl adjacent to an activating group) is 1. The Balaban J connectivity index is 1.91. The molecule has 2 N–H and O–H groups in total. The number of hydrogen-bond donors (Lipinski definition) is 2. The van der Waals surface area contributed by atoms with Gasteiger partial charge in [-0.05, 0) is 30.7 Å². The zero-order valence-corrected chi connectivity index (χ0v) is 17.7. The minimum Gasteiger partial charge on any atom is -0.357 e. The Bertz CT molecular complexity index is 757. The third kappa shape index (κ3) is 6.31. The molecule has 28 heavy (non-hydrogen) atoms. The molecule has 2 amide bonds. The molecule has 1 saturated heterocycles. The van der Waals surface area contributed by atoms with Gasteiger partial charge in [-0.2, -0.15) is 0 Å². The summed E-state index contributed by atoms with van der Waals surface area (Å²) >= 11 is 0. The van der Waals surface area contributed by atoms with Crippen molar-refractivity contribution in [1.82, 2.24) is 14.9 Å². The highest BCUT2D eigenvalue weighted by Gasteiger charge is 2.32. The Morgan fingerprint density at radius 1 is 1.14 bits per heavy atom. The second-order valence-corrected chi connectivity index (χ2v) is 9.69. The van der Waals surface area contributed by atoms with Crippen molar-refractivity contribution in [3.63, 3.8) is 0 Å². The van der Waals surface area contributed by atoms with Crippen molar-refractivity contribution in [2.75, 3.05) is 20.1 Å². The number of nitrogens with zero attached hydrogens (tertiary/aromatic N) is 1. The largest absolute Gasteiger partial charge is 0.357 e. The first-order chi connectivity index (χ1) is 13.2. The van der Waals surface area contributed by atoms with Gasteiger partial charge in [0.2, 0.25) is 21.8 Å². The van der Waals surface area contributed by atoms with Crippen molar-refractivity contribution in [3.8, 4) is 0 Å². The molecule has 0 spiro atoms. The van der Waals surface area contributed by atoms with E-state index in [1.54, 1.807) is 19.2 Å². The van der Waals surface area contributed by atoms with Gasteiger partial charge in [0.1, 0.15) is 6.04 Å². The number of nitrogens with one attached hydrogen (secondary N) is 2. The van der Waals surface area contributed by atoms with E-state index in [1.807, 2.05) is 32.0 Å². The fraction of sp³-hybridized carbons (Fsp3) is 0.600. The van der Waals surface area contributed by atoms with Crippen molar-refractivity contribution >= 4 is 21.8 Å². The number of sulfonamides is 1. The molecule has 0 aliphatic carbocycles. The molecule has 1 unspecified atom stereocenters. The standard InChI is InChI=1S/C20H31N3O4S/c1-15(2)13-18(20(25)21-3)22-19(24)17-9-11-23(12-10-17)28(26,27)14-16-7-5-4-6-8-16/h4-8,15,17-18H,9-14H2,1-3H3,(H,21,25)(H,22,24). The number of amides is 2. The predicted octanol–water partition coefficient (Wildman–Crippen LogP) is 1.51. The number of piperidine rings is 1. The van der Waals surface area contributed by atoms with Crippen LogP contribution in [0, 0.1) is 11.8 Å². The quantitative estimate of drug-likeness (QED) is 0.680. The smallest absolute Gasteiger partial charge is 0.242 e. The van der Waals surface area contributed by atoms with Crippen molar-refractivity contribution in [1.29, 1.82) is 0 Å². The van der Waals surface area contributed by atoms with E-state index in [0.29, 0.717) is 32.4 Å². The number of rotatable bonds is 8. The van der Waals surface area contributed by atoms with Crippen LogP contribution in [0.3, 0.4) is 0 Å². The summed E-state index contributed by atoms with van der Waals surface area (Å²) in [6, 6.07) is 8.53. The lowest BCUT2D eigenvalue weighted by molar-refractivity contribution is -0.132. The average Bonchev–Trinajstić information content (AvgIpc) is 2.67. The van der Waals surface area contributed by atoms with Gasteiger partial charge in [-0.1, -0.05) is 44.2 Å². The lowest BCUT2D eigenvalue weighted by atomic mass is 9.95. The van der Waals surface area contributed by atoms with Crippen LogP contribution in [-0.2, 0) is 25.4 Å². The molecule has 156 valence electrons. The maximum atomic E-state index is 12.6. The Morgan fingerprint density at radius 2 is 1.75 bits per heavy atom. The zero-order valence-electron chi connectivity index (χ0n) is 16.8. The summed E-state index contributed by atoms with van der Waals surface area (Å²) in [5.74, 6) is -0.410. The lowest BCUT2D eigenvalue weighted by Crippen LogP contribution is -2.50. The second-order valence-electron chi connectivity index (χ2n) is 7.72. The van der Waals surface area contributed by atoms with E-state index in [2.05, 4.69) is 10.6 Å². The van der Waals surface area contributed by atoms with Gasteiger partial charge in [0.25, 0.3) is 0 Å². The summed E-state index contributed by atoms with van der Waals surface area (Å²) < 4.78 is 26.7. The maximum absolute atomic E-state index is 12.6. The number of benzene rings is 1. The average molecular weight is 410 g/mol. The molecule has 1 aliphatic rings. The molecule has 0 aromatic heterocycles. The Hall–Kier alpha value is -1.93. The molecule has 1 heterocycles. The normalized spacial score (nSPS) is 17.3. The third-order valence-electron chi connectivity index (χ3n) is 5.00. The monoisotopic (exact) mass is 409 g/mol. The van der Waals surface area contributed by atoms with Crippen LogP contribution in [-0.4, -0.2) is 50.7 Å². The van der Waals surface area contributed by atoms with Gasteiger partial charge < -0.3 is 10.6 Å². The fourth-order valence-corrected chi connectivity index (χ4v) is 5.00. The highest BCUT2D eigenvalue weighted by atomic mass is 32.2. The van der Waals surface area contributed by atoms with E-state index in [9.17, 15) is 18.0 Å². The van der Waals surface area contributed by atoms with Gasteiger partial charge >= 0.3 is 0 Å². The van der Waals surface area contributed by atoms with Crippen LogP contribution >= 0.6 is 0 Å². The van der Waals surface area contributed by atoms with E-state index >= 15 is 0 Å². The minimum atomic E-state index is -3.40. The highest BCUT2D eigenvalue weighted by molar-refractivity contribution is 7.88. The second kappa shape index (κ2) is 10.0. The van der Waals surface area contributed by atoms with Crippen LogP contribution in [0.4, 0.5) is 0 Å².